The third-order valence-corrected chi connectivity index (χ3v) is 4.79. The van der Waals surface area contributed by atoms with Crippen LogP contribution >= 0.6 is 11.6 Å². The predicted octanol–water partition coefficient (Wildman–Crippen LogP) is 4.32. The smallest absolute Gasteiger partial charge is 0.227 e. The van der Waals surface area contributed by atoms with Crippen LogP contribution in [0.3, 0.4) is 0 Å². The molecule has 4 nitrogen and oxygen atoms in total. The number of benzene rings is 1. The molecule has 1 aliphatic rings. The molecular formula is C18H21ClN2O2. The van der Waals surface area contributed by atoms with Gasteiger partial charge >= 0.3 is 0 Å². The Kier molecular flexibility index (Phi) is 4.44. The molecule has 3 rings (SSSR count). The zero-order chi connectivity index (χ0) is 16.6. The number of hydrogen-bond donors (Lipinski definition) is 1. The normalized spacial score (nSPS) is 16.9. The number of amides is 1. The van der Waals surface area contributed by atoms with Crippen LogP contribution in [0.2, 0.25) is 5.02 Å². The minimum Gasteiger partial charge on any atom is -0.361 e. The first-order valence-corrected chi connectivity index (χ1v) is 8.33. The minimum atomic E-state index is -0.283. The van der Waals surface area contributed by atoms with Gasteiger partial charge in [0, 0.05) is 10.6 Å². The molecule has 5 heteroatoms. The number of nitrogens with one attached hydrogen (secondary N) is 1. The van der Waals surface area contributed by atoms with E-state index in [0.29, 0.717) is 16.7 Å². The van der Waals surface area contributed by atoms with Crippen LogP contribution in [0.1, 0.15) is 54.3 Å². The molecule has 1 fully saturated rings. The SMILES string of the molecule is Cc1noc(C)c1[C@@H](C)C(=O)N[C@@H](c1ccc(Cl)cc1)C1CC1. The van der Waals surface area contributed by atoms with Gasteiger partial charge in [-0.05, 0) is 57.2 Å². The van der Waals surface area contributed by atoms with Gasteiger partial charge in [-0.3, -0.25) is 4.79 Å². The Morgan fingerprint density at radius 3 is 2.48 bits per heavy atom. The molecule has 1 amide bonds. The number of hydrogen-bond acceptors (Lipinski definition) is 3. The van der Waals surface area contributed by atoms with Gasteiger partial charge in [0.25, 0.3) is 0 Å². The Bertz CT molecular complexity index is 685. The van der Waals surface area contributed by atoms with Crippen LogP contribution in [0.5, 0.6) is 0 Å². The lowest BCUT2D eigenvalue weighted by Crippen LogP contribution is -2.33. The van der Waals surface area contributed by atoms with E-state index in [1.165, 1.54) is 0 Å². The van der Waals surface area contributed by atoms with Crippen molar-refractivity contribution in [2.45, 2.75) is 45.6 Å². The molecule has 0 spiro atoms. The first kappa shape index (κ1) is 16.1. The molecule has 2 aromatic rings. The molecule has 1 saturated carbocycles. The number of carbonyl (C=O) groups is 1. The summed E-state index contributed by atoms with van der Waals surface area (Å²) in [6.07, 6.45) is 2.29. The lowest BCUT2D eigenvalue weighted by Gasteiger charge is -2.21. The lowest BCUT2D eigenvalue weighted by molar-refractivity contribution is -0.123. The number of aryl methyl sites for hydroxylation is 2. The van der Waals surface area contributed by atoms with Gasteiger partial charge in [0.1, 0.15) is 5.76 Å². The van der Waals surface area contributed by atoms with Gasteiger partial charge < -0.3 is 9.84 Å². The van der Waals surface area contributed by atoms with E-state index in [0.717, 1.165) is 29.7 Å². The first-order chi connectivity index (χ1) is 11.0. The van der Waals surface area contributed by atoms with Crippen molar-refractivity contribution < 1.29 is 9.32 Å². The zero-order valence-electron chi connectivity index (χ0n) is 13.6. The largest absolute Gasteiger partial charge is 0.361 e. The summed E-state index contributed by atoms with van der Waals surface area (Å²) in [5.74, 6) is 0.942. The second-order valence-corrected chi connectivity index (χ2v) is 6.77. The fourth-order valence-electron chi connectivity index (χ4n) is 3.09. The van der Waals surface area contributed by atoms with Crippen molar-refractivity contribution in [2.24, 2.45) is 5.92 Å². The molecule has 1 N–H and O–H groups in total. The highest BCUT2D eigenvalue weighted by molar-refractivity contribution is 6.30. The monoisotopic (exact) mass is 332 g/mol. The number of nitrogens with zero attached hydrogens (tertiary/aromatic N) is 1. The zero-order valence-corrected chi connectivity index (χ0v) is 14.4. The van der Waals surface area contributed by atoms with E-state index in [9.17, 15) is 4.79 Å². The maximum absolute atomic E-state index is 12.7. The summed E-state index contributed by atoms with van der Waals surface area (Å²) in [5, 5.41) is 7.86. The molecule has 0 radical (unpaired) electrons. The number of rotatable bonds is 5. The molecule has 0 aliphatic heterocycles. The summed E-state index contributed by atoms with van der Waals surface area (Å²) in [6, 6.07) is 7.77. The summed E-state index contributed by atoms with van der Waals surface area (Å²) in [4.78, 5) is 12.7. The van der Waals surface area contributed by atoms with Crippen molar-refractivity contribution in [1.29, 1.82) is 0 Å². The quantitative estimate of drug-likeness (QED) is 0.887. The lowest BCUT2D eigenvalue weighted by atomic mass is 9.96. The van der Waals surface area contributed by atoms with Crippen molar-refractivity contribution in [3.8, 4) is 0 Å². The fourth-order valence-corrected chi connectivity index (χ4v) is 3.22. The molecular weight excluding hydrogens is 312 g/mol. The van der Waals surface area contributed by atoms with E-state index in [1.807, 2.05) is 45.0 Å². The molecule has 1 heterocycles. The van der Waals surface area contributed by atoms with E-state index < -0.39 is 0 Å². The van der Waals surface area contributed by atoms with Crippen LogP contribution in [-0.4, -0.2) is 11.1 Å². The highest BCUT2D eigenvalue weighted by atomic mass is 35.5. The molecule has 1 aliphatic carbocycles. The van der Waals surface area contributed by atoms with Gasteiger partial charge in [-0.15, -0.1) is 0 Å². The summed E-state index contributed by atoms with van der Waals surface area (Å²) in [7, 11) is 0. The fraction of sp³-hybridized carbons (Fsp3) is 0.444. The third kappa shape index (κ3) is 3.42. The topological polar surface area (TPSA) is 55.1 Å². The third-order valence-electron chi connectivity index (χ3n) is 4.54. The Balaban J connectivity index is 1.78. The molecule has 23 heavy (non-hydrogen) atoms. The Labute approximate surface area is 141 Å². The minimum absolute atomic E-state index is 0.00579. The molecule has 122 valence electrons. The van der Waals surface area contributed by atoms with Crippen molar-refractivity contribution in [3.63, 3.8) is 0 Å². The highest BCUT2D eigenvalue weighted by Crippen LogP contribution is 2.41. The van der Waals surface area contributed by atoms with Gasteiger partial charge in [0.2, 0.25) is 5.91 Å². The maximum Gasteiger partial charge on any atom is 0.227 e. The highest BCUT2D eigenvalue weighted by Gasteiger charge is 2.35. The average Bonchev–Trinajstić information content (AvgIpc) is 3.31. The van der Waals surface area contributed by atoms with E-state index in [1.54, 1.807) is 0 Å². The van der Waals surface area contributed by atoms with Gasteiger partial charge in [-0.25, -0.2) is 0 Å². The Morgan fingerprint density at radius 2 is 1.96 bits per heavy atom. The molecule has 0 saturated heterocycles. The van der Waals surface area contributed by atoms with E-state index in [4.69, 9.17) is 16.1 Å². The van der Waals surface area contributed by atoms with Crippen molar-refractivity contribution in [1.82, 2.24) is 10.5 Å². The van der Waals surface area contributed by atoms with E-state index in [-0.39, 0.29) is 17.9 Å². The van der Waals surface area contributed by atoms with Gasteiger partial charge in [0.05, 0.1) is 17.7 Å². The van der Waals surface area contributed by atoms with Gasteiger partial charge in [-0.2, -0.15) is 0 Å². The molecule has 2 atom stereocenters. The van der Waals surface area contributed by atoms with E-state index >= 15 is 0 Å². The van der Waals surface area contributed by atoms with Crippen LogP contribution in [0.15, 0.2) is 28.8 Å². The maximum atomic E-state index is 12.7. The first-order valence-electron chi connectivity index (χ1n) is 7.96. The van der Waals surface area contributed by atoms with Crippen molar-refractivity contribution in [3.05, 3.63) is 51.9 Å². The standard InChI is InChI=1S/C18H21ClN2O2/c1-10(16-11(2)21-23-12(16)3)18(22)20-17(13-4-5-13)14-6-8-15(19)9-7-14/h6-10,13,17H,4-5H2,1-3H3,(H,20,22)/t10-,17-/m1/s1. The van der Waals surface area contributed by atoms with Gasteiger partial charge in [0.15, 0.2) is 0 Å². The molecule has 0 unspecified atom stereocenters. The molecule has 0 bridgehead atoms. The number of halogens is 1. The van der Waals surface area contributed by atoms with Crippen LogP contribution < -0.4 is 5.32 Å². The summed E-state index contributed by atoms with van der Waals surface area (Å²) >= 11 is 5.97. The Morgan fingerprint density at radius 1 is 1.30 bits per heavy atom. The van der Waals surface area contributed by atoms with Crippen LogP contribution in [0, 0.1) is 19.8 Å². The second kappa shape index (κ2) is 6.36. The van der Waals surface area contributed by atoms with Crippen molar-refractivity contribution in [2.75, 3.05) is 0 Å². The van der Waals surface area contributed by atoms with Crippen LogP contribution in [0.4, 0.5) is 0 Å². The van der Waals surface area contributed by atoms with Crippen molar-refractivity contribution >= 4 is 17.5 Å². The number of aromatic nitrogens is 1. The molecule has 1 aromatic carbocycles. The van der Waals surface area contributed by atoms with E-state index in [2.05, 4.69) is 10.5 Å². The summed E-state index contributed by atoms with van der Waals surface area (Å²) < 4.78 is 5.18. The second-order valence-electron chi connectivity index (χ2n) is 6.33. The van der Waals surface area contributed by atoms with Gasteiger partial charge in [-0.1, -0.05) is 28.9 Å². The predicted molar refractivity (Wildman–Crippen MR) is 89.5 cm³/mol. The Hall–Kier alpha value is -1.81. The van der Waals surface area contributed by atoms with Crippen LogP contribution in [0.25, 0.3) is 0 Å². The molecule has 1 aromatic heterocycles. The van der Waals surface area contributed by atoms with Crippen LogP contribution in [-0.2, 0) is 4.79 Å². The average molecular weight is 333 g/mol. The number of carbonyl (C=O) groups excluding carboxylic acids is 1. The summed E-state index contributed by atoms with van der Waals surface area (Å²) in [6.45, 7) is 5.61. The summed E-state index contributed by atoms with van der Waals surface area (Å²) in [5.41, 5.74) is 2.77.